The van der Waals surface area contributed by atoms with Crippen LogP contribution in [0.25, 0.3) is 0 Å². The molecule has 2 fully saturated rings. The molecule has 2 saturated carbocycles. The van der Waals surface area contributed by atoms with Crippen LogP contribution in [0.15, 0.2) is 42.5 Å². The van der Waals surface area contributed by atoms with E-state index in [1.165, 1.54) is 24.0 Å². The SMILES string of the molecule is CC[C@H](Oc1ccc2c(c1)[C@H](c1cccc(C)c1)N(C(=O)C1CC1)CC2)C(=O)NCC1CC1. The fourth-order valence-corrected chi connectivity index (χ4v) is 4.84. The third-order valence-electron chi connectivity index (χ3n) is 7.12. The van der Waals surface area contributed by atoms with Gasteiger partial charge in [0.1, 0.15) is 5.75 Å². The van der Waals surface area contributed by atoms with Gasteiger partial charge in [-0.3, -0.25) is 9.59 Å². The summed E-state index contributed by atoms with van der Waals surface area (Å²) >= 11 is 0. The maximum absolute atomic E-state index is 13.2. The fraction of sp³-hybridized carbons (Fsp3) is 0.500. The third-order valence-corrected chi connectivity index (χ3v) is 7.12. The molecular weight excluding hydrogens is 412 g/mol. The molecule has 0 bridgehead atoms. The second kappa shape index (κ2) is 9.20. The number of hydrogen-bond donors (Lipinski definition) is 1. The van der Waals surface area contributed by atoms with E-state index in [1.807, 2.05) is 13.0 Å². The molecule has 5 heteroatoms. The van der Waals surface area contributed by atoms with E-state index in [-0.39, 0.29) is 23.8 Å². The Bertz CT molecular complexity index is 1040. The third kappa shape index (κ3) is 4.92. The molecule has 2 aromatic rings. The number of rotatable bonds is 8. The summed E-state index contributed by atoms with van der Waals surface area (Å²) in [5.74, 6) is 1.74. The quantitative estimate of drug-likeness (QED) is 0.647. The van der Waals surface area contributed by atoms with Gasteiger partial charge in [0.25, 0.3) is 5.91 Å². The van der Waals surface area contributed by atoms with Gasteiger partial charge in [0, 0.05) is 19.0 Å². The number of ether oxygens (including phenoxy) is 1. The molecule has 3 aliphatic rings. The summed E-state index contributed by atoms with van der Waals surface area (Å²) in [7, 11) is 0. The van der Waals surface area contributed by atoms with Crippen LogP contribution in [0.5, 0.6) is 5.75 Å². The number of amides is 2. The van der Waals surface area contributed by atoms with Crippen LogP contribution < -0.4 is 10.1 Å². The Morgan fingerprint density at radius 3 is 2.64 bits per heavy atom. The molecule has 2 aromatic carbocycles. The average Bonchev–Trinajstić information content (AvgIpc) is 3.73. The van der Waals surface area contributed by atoms with Crippen molar-refractivity contribution in [3.05, 3.63) is 64.7 Å². The van der Waals surface area contributed by atoms with Gasteiger partial charge in [-0.1, -0.05) is 42.8 Å². The molecule has 0 spiro atoms. The Morgan fingerprint density at radius 2 is 1.94 bits per heavy atom. The number of benzene rings is 2. The van der Waals surface area contributed by atoms with Crippen LogP contribution in [-0.2, 0) is 16.0 Å². The first-order chi connectivity index (χ1) is 16.0. The molecule has 2 atom stereocenters. The van der Waals surface area contributed by atoms with E-state index in [9.17, 15) is 9.59 Å². The first-order valence-electron chi connectivity index (χ1n) is 12.5. The molecule has 5 rings (SSSR count). The fourth-order valence-electron chi connectivity index (χ4n) is 4.84. The van der Waals surface area contributed by atoms with E-state index in [1.54, 1.807) is 0 Å². The van der Waals surface area contributed by atoms with Gasteiger partial charge < -0.3 is 15.0 Å². The van der Waals surface area contributed by atoms with Gasteiger partial charge in [-0.2, -0.15) is 0 Å². The molecule has 0 radical (unpaired) electrons. The zero-order valence-electron chi connectivity index (χ0n) is 19.7. The van der Waals surface area contributed by atoms with Crippen molar-refractivity contribution < 1.29 is 14.3 Å². The largest absolute Gasteiger partial charge is 0.481 e. The normalized spacial score (nSPS) is 20.7. The first-order valence-corrected chi connectivity index (χ1v) is 12.5. The highest BCUT2D eigenvalue weighted by Gasteiger charge is 2.39. The molecule has 1 N–H and O–H groups in total. The molecule has 174 valence electrons. The number of fused-ring (bicyclic) bond motifs is 1. The van der Waals surface area contributed by atoms with Crippen LogP contribution in [0.4, 0.5) is 0 Å². The van der Waals surface area contributed by atoms with Crippen LogP contribution in [0.2, 0.25) is 0 Å². The molecule has 1 aliphatic heterocycles. The predicted octanol–water partition coefficient (Wildman–Crippen LogP) is 4.56. The number of nitrogens with zero attached hydrogens (tertiary/aromatic N) is 1. The van der Waals surface area contributed by atoms with Crippen LogP contribution in [0, 0.1) is 18.8 Å². The second-order valence-electron chi connectivity index (χ2n) is 9.94. The van der Waals surface area contributed by atoms with Crippen molar-refractivity contribution >= 4 is 11.8 Å². The molecule has 0 unspecified atom stereocenters. The molecule has 0 saturated heterocycles. The zero-order chi connectivity index (χ0) is 22.9. The van der Waals surface area contributed by atoms with Gasteiger partial charge >= 0.3 is 0 Å². The molecule has 2 amide bonds. The lowest BCUT2D eigenvalue weighted by molar-refractivity contribution is -0.134. The van der Waals surface area contributed by atoms with Crippen molar-refractivity contribution in [2.45, 2.75) is 64.5 Å². The summed E-state index contributed by atoms with van der Waals surface area (Å²) in [4.78, 5) is 27.9. The van der Waals surface area contributed by atoms with Gasteiger partial charge in [-0.05, 0) is 80.2 Å². The zero-order valence-corrected chi connectivity index (χ0v) is 19.7. The van der Waals surface area contributed by atoms with Crippen molar-refractivity contribution in [2.24, 2.45) is 11.8 Å². The van der Waals surface area contributed by atoms with E-state index in [2.05, 4.69) is 53.5 Å². The molecule has 2 aliphatic carbocycles. The van der Waals surface area contributed by atoms with Crippen LogP contribution in [0.1, 0.15) is 67.3 Å². The lowest BCUT2D eigenvalue weighted by Gasteiger charge is -2.38. The Hall–Kier alpha value is -2.82. The van der Waals surface area contributed by atoms with Gasteiger partial charge in [-0.25, -0.2) is 0 Å². The number of nitrogens with one attached hydrogen (secondary N) is 1. The summed E-state index contributed by atoms with van der Waals surface area (Å²) in [5.41, 5.74) is 4.69. The highest BCUT2D eigenvalue weighted by Crippen LogP contribution is 2.41. The molecule has 1 heterocycles. The molecule has 0 aromatic heterocycles. The summed E-state index contributed by atoms with van der Waals surface area (Å²) in [6.45, 7) is 5.55. The topological polar surface area (TPSA) is 58.6 Å². The van der Waals surface area contributed by atoms with E-state index in [0.29, 0.717) is 18.1 Å². The summed E-state index contributed by atoms with van der Waals surface area (Å²) in [5, 5.41) is 3.04. The van der Waals surface area contributed by atoms with E-state index in [4.69, 9.17) is 4.74 Å². The lowest BCUT2D eigenvalue weighted by Crippen LogP contribution is -2.41. The van der Waals surface area contributed by atoms with E-state index < -0.39 is 6.10 Å². The Labute approximate surface area is 196 Å². The smallest absolute Gasteiger partial charge is 0.261 e. The van der Waals surface area contributed by atoms with Crippen molar-refractivity contribution in [3.8, 4) is 5.75 Å². The Morgan fingerprint density at radius 1 is 1.12 bits per heavy atom. The maximum Gasteiger partial charge on any atom is 0.261 e. The monoisotopic (exact) mass is 446 g/mol. The molecule has 33 heavy (non-hydrogen) atoms. The number of aryl methyl sites for hydroxylation is 1. The predicted molar refractivity (Wildman–Crippen MR) is 128 cm³/mol. The minimum absolute atomic E-state index is 0.0390. The number of carbonyl (C=O) groups is 2. The van der Waals surface area contributed by atoms with Crippen molar-refractivity contribution in [1.82, 2.24) is 10.2 Å². The summed E-state index contributed by atoms with van der Waals surface area (Å²) in [6, 6.07) is 14.5. The van der Waals surface area contributed by atoms with Crippen molar-refractivity contribution in [3.63, 3.8) is 0 Å². The number of hydrogen-bond acceptors (Lipinski definition) is 3. The summed E-state index contributed by atoms with van der Waals surface area (Å²) in [6.07, 6.45) is 5.36. The lowest BCUT2D eigenvalue weighted by atomic mass is 9.87. The van der Waals surface area contributed by atoms with Gasteiger partial charge in [0.2, 0.25) is 5.91 Å². The Balaban J connectivity index is 1.43. The second-order valence-corrected chi connectivity index (χ2v) is 9.94. The van der Waals surface area contributed by atoms with E-state index in [0.717, 1.165) is 43.5 Å². The maximum atomic E-state index is 13.2. The van der Waals surface area contributed by atoms with Gasteiger partial charge in [0.15, 0.2) is 6.10 Å². The minimum atomic E-state index is -0.507. The minimum Gasteiger partial charge on any atom is -0.481 e. The summed E-state index contributed by atoms with van der Waals surface area (Å²) < 4.78 is 6.19. The van der Waals surface area contributed by atoms with Crippen LogP contribution in [-0.4, -0.2) is 35.9 Å². The van der Waals surface area contributed by atoms with Crippen LogP contribution in [0.3, 0.4) is 0 Å². The highest BCUT2D eigenvalue weighted by atomic mass is 16.5. The molecular formula is C28H34N2O3. The highest BCUT2D eigenvalue weighted by molar-refractivity contribution is 5.82. The average molecular weight is 447 g/mol. The molecule has 5 nitrogen and oxygen atoms in total. The van der Waals surface area contributed by atoms with E-state index >= 15 is 0 Å². The van der Waals surface area contributed by atoms with Crippen molar-refractivity contribution in [1.29, 1.82) is 0 Å². The first kappa shape index (κ1) is 22.0. The van der Waals surface area contributed by atoms with Crippen molar-refractivity contribution in [2.75, 3.05) is 13.1 Å². The Kier molecular flexibility index (Phi) is 6.13. The van der Waals surface area contributed by atoms with Gasteiger partial charge in [-0.15, -0.1) is 0 Å². The van der Waals surface area contributed by atoms with Gasteiger partial charge in [0.05, 0.1) is 6.04 Å². The van der Waals surface area contributed by atoms with Crippen LogP contribution >= 0.6 is 0 Å². The number of carbonyl (C=O) groups excluding carboxylic acids is 2. The standard InChI is InChI=1S/C28H34N2O3/c1-3-25(27(31)29-17-19-7-8-19)33-23-12-11-20-13-14-30(28(32)21-9-10-21)26(24(20)16-23)22-6-4-5-18(2)15-22/h4-6,11-12,15-16,19,21,25-26H,3,7-10,13-14,17H2,1-2H3,(H,29,31)/t25-,26-/m0/s1.